The van der Waals surface area contributed by atoms with Crippen LogP contribution in [0.4, 0.5) is 0 Å². The van der Waals surface area contributed by atoms with Gasteiger partial charge in [-0.1, -0.05) is 24.3 Å². The van der Waals surface area contributed by atoms with Gasteiger partial charge in [0.2, 0.25) is 0 Å². The Balaban J connectivity index is 1.75. The maximum atomic E-state index is 3.54. The van der Waals surface area contributed by atoms with E-state index in [4.69, 9.17) is 0 Å². The SMILES string of the molecule is Brc1ccc(CN2CCCc3ccccc3C2)s1. The normalized spacial score (nSPS) is 16.3. The Morgan fingerprint density at radius 3 is 2.72 bits per heavy atom. The number of hydrogen-bond acceptors (Lipinski definition) is 2. The van der Waals surface area contributed by atoms with E-state index in [1.807, 2.05) is 11.3 Å². The second kappa shape index (κ2) is 5.55. The van der Waals surface area contributed by atoms with Gasteiger partial charge in [-0.3, -0.25) is 4.90 Å². The summed E-state index contributed by atoms with van der Waals surface area (Å²) in [4.78, 5) is 4.01. The van der Waals surface area contributed by atoms with E-state index in [9.17, 15) is 0 Å². The summed E-state index contributed by atoms with van der Waals surface area (Å²) in [5.41, 5.74) is 3.04. The number of aryl methyl sites for hydroxylation is 1. The molecule has 1 aromatic heterocycles. The number of rotatable bonds is 2. The zero-order chi connectivity index (χ0) is 12.4. The van der Waals surface area contributed by atoms with E-state index in [0.29, 0.717) is 0 Å². The van der Waals surface area contributed by atoms with E-state index in [0.717, 1.165) is 13.1 Å². The van der Waals surface area contributed by atoms with Crippen molar-refractivity contribution < 1.29 is 0 Å². The molecule has 0 spiro atoms. The van der Waals surface area contributed by atoms with Gasteiger partial charge in [0.05, 0.1) is 3.79 Å². The highest BCUT2D eigenvalue weighted by Crippen LogP contribution is 2.25. The van der Waals surface area contributed by atoms with Crippen LogP contribution in [0.2, 0.25) is 0 Å². The highest BCUT2D eigenvalue weighted by molar-refractivity contribution is 9.11. The second-order valence-corrected chi connectivity index (χ2v) is 7.34. The minimum Gasteiger partial charge on any atom is -0.294 e. The Hall–Kier alpha value is -0.640. The van der Waals surface area contributed by atoms with Crippen molar-refractivity contribution in [3.63, 3.8) is 0 Å². The molecule has 0 aliphatic carbocycles. The van der Waals surface area contributed by atoms with Crippen molar-refractivity contribution in [1.82, 2.24) is 4.90 Å². The van der Waals surface area contributed by atoms with Crippen molar-refractivity contribution in [3.05, 3.63) is 56.2 Å². The standard InChI is InChI=1S/C15H16BrNS/c16-15-8-7-14(18-15)11-17-9-3-6-12-4-1-2-5-13(12)10-17/h1-2,4-5,7-8H,3,6,9-11H2. The summed E-state index contributed by atoms with van der Waals surface area (Å²) in [5.74, 6) is 0. The predicted octanol–water partition coefficient (Wildman–Crippen LogP) is 4.46. The molecule has 2 heterocycles. The summed E-state index contributed by atoms with van der Waals surface area (Å²) in [6, 6.07) is 13.2. The third-order valence-corrected chi connectivity index (χ3v) is 5.05. The first-order valence-corrected chi connectivity index (χ1v) is 7.95. The van der Waals surface area contributed by atoms with E-state index >= 15 is 0 Å². The van der Waals surface area contributed by atoms with Gasteiger partial charge in [0.15, 0.2) is 0 Å². The summed E-state index contributed by atoms with van der Waals surface area (Å²) in [5, 5.41) is 0. The first-order chi connectivity index (χ1) is 8.81. The number of hydrogen-bond donors (Lipinski definition) is 0. The maximum absolute atomic E-state index is 3.54. The third-order valence-electron chi connectivity index (χ3n) is 3.44. The van der Waals surface area contributed by atoms with Gasteiger partial charge in [-0.15, -0.1) is 11.3 Å². The summed E-state index contributed by atoms with van der Waals surface area (Å²) in [7, 11) is 0. The van der Waals surface area contributed by atoms with Crippen LogP contribution in [0.3, 0.4) is 0 Å². The lowest BCUT2D eigenvalue weighted by Crippen LogP contribution is -2.22. The van der Waals surface area contributed by atoms with Crippen molar-refractivity contribution in [2.45, 2.75) is 25.9 Å². The Bertz CT molecular complexity index is 535. The van der Waals surface area contributed by atoms with Crippen molar-refractivity contribution in [2.75, 3.05) is 6.54 Å². The van der Waals surface area contributed by atoms with E-state index in [1.165, 1.54) is 39.2 Å². The fourth-order valence-corrected chi connectivity index (χ4v) is 4.09. The lowest BCUT2D eigenvalue weighted by Gasteiger charge is -2.19. The molecule has 0 N–H and O–H groups in total. The quantitative estimate of drug-likeness (QED) is 0.789. The molecular formula is C15H16BrNS. The highest BCUT2D eigenvalue weighted by atomic mass is 79.9. The molecule has 0 radical (unpaired) electrons. The molecule has 0 unspecified atom stereocenters. The largest absolute Gasteiger partial charge is 0.294 e. The number of nitrogens with zero attached hydrogens (tertiary/aromatic N) is 1. The van der Waals surface area contributed by atoms with Gasteiger partial charge >= 0.3 is 0 Å². The molecule has 1 aliphatic rings. The molecule has 1 aliphatic heterocycles. The molecule has 0 saturated carbocycles. The number of fused-ring (bicyclic) bond motifs is 1. The monoisotopic (exact) mass is 321 g/mol. The predicted molar refractivity (Wildman–Crippen MR) is 80.9 cm³/mol. The van der Waals surface area contributed by atoms with Crippen LogP contribution in [-0.2, 0) is 19.5 Å². The van der Waals surface area contributed by atoms with Crippen molar-refractivity contribution in [3.8, 4) is 0 Å². The summed E-state index contributed by atoms with van der Waals surface area (Å²) in [6.45, 7) is 3.36. The first-order valence-electron chi connectivity index (χ1n) is 6.34. The molecule has 0 amide bonds. The molecule has 0 atom stereocenters. The molecule has 0 saturated heterocycles. The summed E-state index contributed by atoms with van der Waals surface area (Å²) < 4.78 is 1.23. The van der Waals surface area contributed by atoms with Crippen molar-refractivity contribution in [2.24, 2.45) is 0 Å². The lowest BCUT2D eigenvalue weighted by atomic mass is 10.0. The number of benzene rings is 1. The van der Waals surface area contributed by atoms with Crippen LogP contribution >= 0.6 is 27.3 Å². The molecule has 18 heavy (non-hydrogen) atoms. The van der Waals surface area contributed by atoms with Crippen LogP contribution in [0, 0.1) is 0 Å². The zero-order valence-electron chi connectivity index (χ0n) is 10.2. The lowest BCUT2D eigenvalue weighted by molar-refractivity contribution is 0.263. The molecule has 3 rings (SSSR count). The van der Waals surface area contributed by atoms with Gasteiger partial charge in [0, 0.05) is 18.0 Å². The van der Waals surface area contributed by atoms with Crippen molar-refractivity contribution in [1.29, 1.82) is 0 Å². The van der Waals surface area contributed by atoms with Crippen LogP contribution in [0.5, 0.6) is 0 Å². The maximum Gasteiger partial charge on any atom is 0.0701 e. The average Bonchev–Trinajstić information content (AvgIpc) is 2.66. The number of thiophene rings is 1. The molecule has 3 heteroatoms. The zero-order valence-corrected chi connectivity index (χ0v) is 12.6. The van der Waals surface area contributed by atoms with E-state index in [1.54, 1.807) is 0 Å². The second-order valence-electron chi connectivity index (χ2n) is 4.79. The van der Waals surface area contributed by atoms with Gasteiger partial charge in [0.1, 0.15) is 0 Å². The van der Waals surface area contributed by atoms with E-state index < -0.39 is 0 Å². The van der Waals surface area contributed by atoms with E-state index in [2.05, 4.69) is 57.2 Å². The van der Waals surface area contributed by atoms with Gasteiger partial charge in [0.25, 0.3) is 0 Å². The van der Waals surface area contributed by atoms with Crippen LogP contribution in [0.15, 0.2) is 40.2 Å². The summed E-state index contributed by atoms with van der Waals surface area (Å²) in [6.07, 6.45) is 2.49. The molecule has 2 aromatic rings. The van der Waals surface area contributed by atoms with Gasteiger partial charge in [-0.25, -0.2) is 0 Å². The van der Waals surface area contributed by atoms with Gasteiger partial charge in [-0.2, -0.15) is 0 Å². The minimum atomic E-state index is 1.07. The van der Waals surface area contributed by atoms with Crippen LogP contribution < -0.4 is 0 Å². The van der Waals surface area contributed by atoms with E-state index in [-0.39, 0.29) is 0 Å². The molecule has 94 valence electrons. The Morgan fingerprint density at radius 1 is 1.11 bits per heavy atom. The minimum absolute atomic E-state index is 1.07. The summed E-state index contributed by atoms with van der Waals surface area (Å²) >= 11 is 5.38. The fourth-order valence-electron chi connectivity index (χ4n) is 2.56. The Labute approximate surface area is 121 Å². The molecular weight excluding hydrogens is 306 g/mol. The Morgan fingerprint density at radius 2 is 1.94 bits per heavy atom. The molecule has 0 fully saturated rings. The number of halogens is 1. The fraction of sp³-hybridized carbons (Fsp3) is 0.333. The smallest absolute Gasteiger partial charge is 0.0701 e. The van der Waals surface area contributed by atoms with Crippen molar-refractivity contribution >= 4 is 27.3 Å². The third kappa shape index (κ3) is 2.85. The molecule has 1 nitrogen and oxygen atoms in total. The van der Waals surface area contributed by atoms with Gasteiger partial charge in [-0.05, 0) is 58.6 Å². The topological polar surface area (TPSA) is 3.24 Å². The van der Waals surface area contributed by atoms with Gasteiger partial charge < -0.3 is 0 Å². The van der Waals surface area contributed by atoms with Crippen LogP contribution in [0.25, 0.3) is 0 Å². The molecule has 0 bridgehead atoms. The van der Waals surface area contributed by atoms with Crippen LogP contribution in [0.1, 0.15) is 22.4 Å². The highest BCUT2D eigenvalue weighted by Gasteiger charge is 2.14. The first kappa shape index (κ1) is 12.4. The molecule has 1 aromatic carbocycles. The van der Waals surface area contributed by atoms with Crippen LogP contribution in [-0.4, -0.2) is 11.4 Å². The average molecular weight is 322 g/mol. The Kier molecular flexibility index (Phi) is 3.83.